The van der Waals surface area contributed by atoms with Crippen LogP contribution >= 0.6 is 15.9 Å². The highest BCUT2D eigenvalue weighted by Gasteiger charge is 2.16. The Balaban J connectivity index is 2.19. The zero-order chi connectivity index (χ0) is 14.7. The number of ether oxygens (including phenoxy) is 1. The molecule has 0 aromatic carbocycles. The van der Waals surface area contributed by atoms with Crippen molar-refractivity contribution >= 4 is 38.8 Å². The van der Waals surface area contributed by atoms with E-state index in [9.17, 15) is 4.79 Å². The van der Waals surface area contributed by atoms with Crippen LogP contribution in [0.2, 0.25) is 0 Å². The molecule has 2 aromatic heterocycles. The summed E-state index contributed by atoms with van der Waals surface area (Å²) in [4.78, 5) is 19.9. The number of hydrogen-bond donors (Lipinski definition) is 1. The van der Waals surface area contributed by atoms with Crippen LogP contribution in [0.15, 0.2) is 10.9 Å². The first-order valence-electron chi connectivity index (χ1n) is 6.28. The van der Waals surface area contributed by atoms with Crippen LogP contribution in [0.4, 0.5) is 5.82 Å². The van der Waals surface area contributed by atoms with Crippen LogP contribution in [0.3, 0.4) is 0 Å². The molecule has 0 saturated heterocycles. The van der Waals surface area contributed by atoms with Crippen molar-refractivity contribution in [3.8, 4) is 0 Å². The number of hydrogen-bond acceptors (Lipinski definition) is 6. The first-order chi connectivity index (χ1) is 9.52. The molecule has 0 amide bonds. The van der Waals surface area contributed by atoms with Gasteiger partial charge in [-0.3, -0.25) is 4.79 Å². The summed E-state index contributed by atoms with van der Waals surface area (Å²) in [5, 5.41) is 8.24. The topological polar surface area (TPSA) is 81.9 Å². The lowest BCUT2D eigenvalue weighted by Crippen LogP contribution is -2.21. The van der Waals surface area contributed by atoms with Gasteiger partial charge < -0.3 is 10.1 Å². The number of carbonyl (C=O) groups is 1. The lowest BCUT2D eigenvalue weighted by molar-refractivity contribution is -0.143. The maximum absolute atomic E-state index is 11.5. The van der Waals surface area contributed by atoms with Gasteiger partial charge in [-0.2, -0.15) is 5.10 Å². The van der Waals surface area contributed by atoms with Crippen LogP contribution < -0.4 is 5.32 Å². The van der Waals surface area contributed by atoms with Crippen molar-refractivity contribution in [1.82, 2.24) is 19.7 Å². The van der Waals surface area contributed by atoms with Crippen LogP contribution in [0.1, 0.15) is 20.3 Å². The number of anilines is 1. The molecule has 108 valence electrons. The monoisotopic (exact) mass is 341 g/mol. The largest absolute Gasteiger partial charge is 0.466 e. The lowest BCUT2D eigenvalue weighted by atomic mass is 10.2. The minimum Gasteiger partial charge on any atom is -0.466 e. The molecule has 0 aliphatic heterocycles. The molecule has 2 rings (SSSR count). The van der Waals surface area contributed by atoms with E-state index in [2.05, 4.69) is 36.3 Å². The predicted molar refractivity (Wildman–Crippen MR) is 78.3 cm³/mol. The fourth-order valence-electron chi connectivity index (χ4n) is 1.90. The van der Waals surface area contributed by atoms with E-state index in [1.54, 1.807) is 11.6 Å². The molecule has 0 spiro atoms. The average molecular weight is 342 g/mol. The number of aryl methyl sites for hydroxylation is 1. The Labute approximate surface area is 124 Å². The molecular formula is C12H16BrN5O2. The zero-order valence-electron chi connectivity index (χ0n) is 11.6. The molecule has 0 bridgehead atoms. The van der Waals surface area contributed by atoms with Crippen molar-refractivity contribution in [1.29, 1.82) is 0 Å². The van der Waals surface area contributed by atoms with Crippen molar-refractivity contribution in [3.63, 3.8) is 0 Å². The minimum atomic E-state index is -0.233. The first-order valence-corrected chi connectivity index (χ1v) is 7.07. The molecule has 0 aliphatic carbocycles. The standard InChI is InChI=1S/C12H16BrN5O2/c1-4-20-8(19)5-7(2)16-11-9-10(13)17-18(3)12(9)15-6-14-11/h6-7H,4-5H2,1-3H3,(H,14,15,16). The number of nitrogens with one attached hydrogen (secondary N) is 1. The second-order valence-electron chi connectivity index (χ2n) is 4.39. The average Bonchev–Trinajstić information content (AvgIpc) is 2.66. The van der Waals surface area contributed by atoms with Crippen molar-refractivity contribution in [2.75, 3.05) is 11.9 Å². The molecule has 0 radical (unpaired) electrons. The summed E-state index contributed by atoms with van der Waals surface area (Å²) < 4.78 is 7.27. The molecule has 8 heteroatoms. The van der Waals surface area contributed by atoms with Gasteiger partial charge in [0.25, 0.3) is 0 Å². The Morgan fingerprint density at radius 1 is 1.55 bits per heavy atom. The second-order valence-corrected chi connectivity index (χ2v) is 5.14. The lowest BCUT2D eigenvalue weighted by Gasteiger charge is -2.14. The van der Waals surface area contributed by atoms with Gasteiger partial charge in [0.15, 0.2) is 5.65 Å². The number of nitrogens with zero attached hydrogens (tertiary/aromatic N) is 4. The molecule has 0 aliphatic rings. The Kier molecular flexibility index (Phi) is 4.53. The highest BCUT2D eigenvalue weighted by atomic mass is 79.9. The molecule has 1 atom stereocenters. The van der Waals surface area contributed by atoms with Crippen molar-refractivity contribution in [2.24, 2.45) is 7.05 Å². The molecular weight excluding hydrogens is 326 g/mol. The molecule has 1 N–H and O–H groups in total. The Morgan fingerprint density at radius 2 is 2.30 bits per heavy atom. The zero-order valence-corrected chi connectivity index (χ0v) is 13.1. The Morgan fingerprint density at radius 3 is 3.00 bits per heavy atom. The fraction of sp³-hybridized carbons (Fsp3) is 0.500. The van der Waals surface area contributed by atoms with Gasteiger partial charge in [0, 0.05) is 13.1 Å². The van der Waals surface area contributed by atoms with Crippen molar-refractivity contribution in [2.45, 2.75) is 26.3 Å². The van der Waals surface area contributed by atoms with Gasteiger partial charge in [-0.15, -0.1) is 0 Å². The van der Waals surface area contributed by atoms with Gasteiger partial charge in [-0.1, -0.05) is 0 Å². The van der Waals surface area contributed by atoms with E-state index in [4.69, 9.17) is 4.74 Å². The third-order valence-corrected chi connectivity index (χ3v) is 3.29. The van der Waals surface area contributed by atoms with E-state index in [0.29, 0.717) is 17.0 Å². The normalized spacial score (nSPS) is 12.4. The van der Waals surface area contributed by atoms with Gasteiger partial charge in [-0.25, -0.2) is 14.6 Å². The molecule has 1 unspecified atom stereocenters. The van der Waals surface area contributed by atoms with E-state index in [0.717, 1.165) is 11.0 Å². The highest BCUT2D eigenvalue weighted by Crippen LogP contribution is 2.27. The number of fused-ring (bicyclic) bond motifs is 1. The van der Waals surface area contributed by atoms with E-state index in [-0.39, 0.29) is 18.4 Å². The van der Waals surface area contributed by atoms with Gasteiger partial charge >= 0.3 is 5.97 Å². The molecule has 20 heavy (non-hydrogen) atoms. The SMILES string of the molecule is CCOC(=O)CC(C)Nc1ncnc2c1c(Br)nn2C. The first kappa shape index (κ1) is 14.7. The third kappa shape index (κ3) is 3.06. The van der Waals surface area contributed by atoms with Gasteiger partial charge in [0.2, 0.25) is 0 Å². The molecule has 2 aromatic rings. The molecule has 7 nitrogen and oxygen atoms in total. The van der Waals surface area contributed by atoms with Crippen LogP contribution in [-0.4, -0.2) is 38.4 Å². The van der Waals surface area contributed by atoms with Gasteiger partial charge in [0.05, 0.1) is 18.4 Å². The predicted octanol–water partition coefficient (Wildman–Crippen LogP) is 1.88. The minimum absolute atomic E-state index is 0.0979. The summed E-state index contributed by atoms with van der Waals surface area (Å²) in [7, 11) is 1.81. The third-order valence-electron chi connectivity index (χ3n) is 2.74. The van der Waals surface area contributed by atoms with Gasteiger partial charge in [0.1, 0.15) is 16.7 Å². The molecule has 2 heterocycles. The summed E-state index contributed by atoms with van der Waals surface area (Å²) in [6, 6.07) is -0.0979. The summed E-state index contributed by atoms with van der Waals surface area (Å²) in [5.41, 5.74) is 0.720. The maximum atomic E-state index is 11.5. The Hall–Kier alpha value is -1.70. The van der Waals surface area contributed by atoms with Crippen LogP contribution in [-0.2, 0) is 16.6 Å². The van der Waals surface area contributed by atoms with Gasteiger partial charge in [-0.05, 0) is 29.8 Å². The summed E-state index contributed by atoms with van der Waals surface area (Å²) in [6.45, 7) is 4.07. The second kappa shape index (κ2) is 6.17. The molecule has 0 saturated carbocycles. The quantitative estimate of drug-likeness (QED) is 0.836. The number of halogens is 1. The van der Waals surface area contributed by atoms with Crippen molar-refractivity contribution < 1.29 is 9.53 Å². The van der Waals surface area contributed by atoms with Crippen LogP contribution in [0.5, 0.6) is 0 Å². The van der Waals surface area contributed by atoms with E-state index >= 15 is 0 Å². The van der Waals surface area contributed by atoms with Crippen LogP contribution in [0.25, 0.3) is 11.0 Å². The van der Waals surface area contributed by atoms with E-state index in [1.165, 1.54) is 6.33 Å². The number of rotatable bonds is 5. The maximum Gasteiger partial charge on any atom is 0.307 e. The van der Waals surface area contributed by atoms with Crippen molar-refractivity contribution in [3.05, 3.63) is 10.9 Å². The summed E-state index contributed by atoms with van der Waals surface area (Å²) in [5.74, 6) is 0.412. The molecule has 0 fully saturated rings. The number of carbonyl (C=O) groups excluding carboxylic acids is 1. The number of aromatic nitrogens is 4. The smallest absolute Gasteiger partial charge is 0.307 e. The number of esters is 1. The van der Waals surface area contributed by atoms with E-state index < -0.39 is 0 Å². The van der Waals surface area contributed by atoms with E-state index in [1.807, 2.05) is 14.0 Å². The van der Waals surface area contributed by atoms with Crippen LogP contribution in [0, 0.1) is 0 Å². The highest BCUT2D eigenvalue weighted by molar-refractivity contribution is 9.10. The Bertz CT molecular complexity index is 628. The summed E-state index contributed by atoms with van der Waals surface area (Å²) in [6.07, 6.45) is 1.74. The summed E-state index contributed by atoms with van der Waals surface area (Å²) >= 11 is 3.39. The fourth-order valence-corrected chi connectivity index (χ4v) is 2.51.